The predicted molar refractivity (Wildman–Crippen MR) is 67.4 cm³/mol. The fourth-order valence-corrected chi connectivity index (χ4v) is 2.08. The van der Waals surface area contributed by atoms with Gasteiger partial charge in [-0.25, -0.2) is 9.97 Å². The van der Waals surface area contributed by atoms with Gasteiger partial charge in [-0.1, -0.05) is 5.16 Å². The Labute approximate surface area is 108 Å². The molecule has 0 fully saturated rings. The Hall–Kier alpha value is -1.88. The van der Waals surface area contributed by atoms with Crippen LogP contribution in [0.15, 0.2) is 35.1 Å². The maximum atomic E-state index is 6.16. The van der Waals surface area contributed by atoms with Gasteiger partial charge in [0, 0.05) is 12.3 Å². The van der Waals surface area contributed by atoms with Gasteiger partial charge in [0.25, 0.3) is 0 Å². The van der Waals surface area contributed by atoms with Gasteiger partial charge in [-0.2, -0.15) is 0 Å². The molecule has 0 aliphatic rings. The minimum atomic E-state index is -0.192. The number of rotatable bonds is 3. The molecule has 5 nitrogen and oxygen atoms in total. The highest BCUT2D eigenvalue weighted by Gasteiger charge is 2.16. The molecule has 0 bridgehead atoms. The molecule has 0 N–H and O–H groups in total. The van der Waals surface area contributed by atoms with E-state index in [2.05, 4.69) is 15.1 Å². The molecule has 0 aliphatic carbocycles. The number of halogens is 1. The van der Waals surface area contributed by atoms with Crippen molar-refractivity contribution >= 4 is 22.8 Å². The summed E-state index contributed by atoms with van der Waals surface area (Å²) >= 11 is 6.16. The van der Waals surface area contributed by atoms with Gasteiger partial charge in [0.2, 0.25) is 0 Å². The van der Waals surface area contributed by atoms with Crippen molar-refractivity contribution in [3.05, 3.63) is 42.2 Å². The third-order valence-corrected chi connectivity index (χ3v) is 2.89. The summed E-state index contributed by atoms with van der Waals surface area (Å²) in [6, 6.07) is 5.59. The Bertz CT molecular complexity index is 660. The van der Waals surface area contributed by atoms with Gasteiger partial charge in [0.05, 0.1) is 18.1 Å². The van der Waals surface area contributed by atoms with E-state index in [4.69, 9.17) is 16.1 Å². The van der Waals surface area contributed by atoms with Crippen LogP contribution in [0.3, 0.4) is 0 Å². The van der Waals surface area contributed by atoms with E-state index in [0.29, 0.717) is 6.54 Å². The van der Waals surface area contributed by atoms with Crippen LogP contribution >= 0.6 is 11.6 Å². The van der Waals surface area contributed by atoms with Gasteiger partial charge < -0.3 is 9.09 Å². The van der Waals surface area contributed by atoms with Gasteiger partial charge >= 0.3 is 0 Å². The van der Waals surface area contributed by atoms with Crippen LogP contribution in [0.4, 0.5) is 0 Å². The van der Waals surface area contributed by atoms with E-state index < -0.39 is 0 Å². The first-order valence-electron chi connectivity index (χ1n) is 5.60. The molecule has 3 heterocycles. The van der Waals surface area contributed by atoms with E-state index in [1.54, 1.807) is 12.4 Å². The monoisotopic (exact) mass is 262 g/mol. The van der Waals surface area contributed by atoms with Crippen LogP contribution in [0.1, 0.15) is 23.9 Å². The molecule has 1 atom stereocenters. The minimum Gasteiger partial charge on any atom is -0.359 e. The third kappa shape index (κ3) is 1.86. The Balaban J connectivity index is 2.15. The molecule has 18 heavy (non-hydrogen) atoms. The van der Waals surface area contributed by atoms with E-state index in [-0.39, 0.29) is 5.38 Å². The highest BCUT2D eigenvalue weighted by atomic mass is 35.5. The summed E-state index contributed by atoms with van der Waals surface area (Å²) in [4.78, 5) is 8.84. The van der Waals surface area contributed by atoms with E-state index in [1.165, 1.54) is 0 Å². The first kappa shape index (κ1) is 11.2. The highest BCUT2D eigenvalue weighted by Crippen LogP contribution is 2.24. The van der Waals surface area contributed by atoms with Crippen molar-refractivity contribution in [1.29, 1.82) is 0 Å². The Kier molecular flexibility index (Phi) is 2.76. The molecule has 6 heteroatoms. The number of nitrogens with zero attached hydrogens (tertiary/aromatic N) is 4. The van der Waals surface area contributed by atoms with Crippen LogP contribution in [-0.4, -0.2) is 19.7 Å². The molecule has 3 aromatic rings. The summed E-state index contributed by atoms with van der Waals surface area (Å²) in [7, 11) is 0. The second kappa shape index (κ2) is 4.42. The van der Waals surface area contributed by atoms with Crippen molar-refractivity contribution in [2.24, 2.45) is 0 Å². The summed E-state index contributed by atoms with van der Waals surface area (Å²) in [6.07, 6.45) is 3.36. The quantitative estimate of drug-likeness (QED) is 0.681. The van der Waals surface area contributed by atoms with E-state index in [1.807, 2.05) is 29.7 Å². The minimum absolute atomic E-state index is 0.192. The number of imidazole rings is 1. The zero-order valence-corrected chi connectivity index (χ0v) is 10.5. The highest BCUT2D eigenvalue weighted by molar-refractivity contribution is 6.20. The van der Waals surface area contributed by atoms with E-state index in [9.17, 15) is 0 Å². The molecule has 92 valence electrons. The third-order valence-electron chi connectivity index (χ3n) is 2.69. The molecule has 0 radical (unpaired) electrons. The molecule has 0 saturated carbocycles. The molecular formula is C12H11ClN4O. The number of aromatic nitrogens is 4. The van der Waals surface area contributed by atoms with Crippen molar-refractivity contribution in [3.8, 4) is 0 Å². The lowest BCUT2D eigenvalue weighted by atomic mass is 10.4. The van der Waals surface area contributed by atoms with Gasteiger partial charge in [0.15, 0.2) is 11.4 Å². The zero-order valence-electron chi connectivity index (χ0n) is 9.75. The molecule has 0 aliphatic heterocycles. The van der Waals surface area contributed by atoms with Gasteiger partial charge in [0.1, 0.15) is 11.3 Å². The van der Waals surface area contributed by atoms with Crippen molar-refractivity contribution in [2.45, 2.75) is 18.8 Å². The average molecular weight is 263 g/mol. The second-order valence-electron chi connectivity index (χ2n) is 4.00. The fraction of sp³-hybridized carbons (Fsp3) is 0.250. The molecule has 3 rings (SSSR count). The topological polar surface area (TPSA) is 56.7 Å². The molecular weight excluding hydrogens is 252 g/mol. The summed E-state index contributed by atoms with van der Waals surface area (Å²) < 4.78 is 7.07. The van der Waals surface area contributed by atoms with Crippen molar-refractivity contribution < 1.29 is 4.52 Å². The zero-order chi connectivity index (χ0) is 12.5. The first-order chi connectivity index (χ1) is 8.75. The normalized spacial score (nSPS) is 13.0. The van der Waals surface area contributed by atoms with Crippen LogP contribution in [0.2, 0.25) is 0 Å². The fourth-order valence-electron chi connectivity index (χ4n) is 1.92. The van der Waals surface area contributed by atoms with Crippen molar-refractivity contribution in [1.82, 2.24) is 19.7 Å². The summed E-state index contributed by atoms with van der Waals surface area (Å²) in [5, 5.41) is 3.50. The number of alkyl halides is 1. The first-order valence-corrected chi connectivity index (χ1v) is 6.04. The van der Waals surface area contributed by atoms with Gasteiger partial charge in [-0.3, -0.25) is 0 Å². The lowest BCUT2D eigenvalue weighted by Crippen LogP contribution is -2.05. The van der Waals surface area contributed by atoms with Crippen LogP contribution in [0.25, 0.3) is 11.2 Å². The van der Waals surface area contributed by atoms with E-state index in [0.717, 1.165) is 22.7 Å². The molecule has 0 aromatic carbocycles. The largest absolute Gasteiger partial charge is 0.359 e. The van der Waals surface area contributed by atoms with Crippen molar-refractivity contribution in [2.75, 3.05) is 0 Å². The standard InChI is InChI=1S/C12H11ClN4O/c1-8(13)11-16-10-3-2-5-14-12(10)17(11)7-9-4-6-15-18-9/h2-6,8H,7H2,1H3. The van der Waals surface area contributed by atoms with E-state index >= 15 is 0 Å². The SMILES string of the molecule is CC(Cl)c1nc2cccnc2n1Cc1ccno1. The summed E-state index contributed by atoms with van der Waals surface area (Å²) in [5.74, 6) is 1.53. The maximum Gasteiger partial charge on any atom is 0.160 e. The smallest absolute Gasteiger partial charge is 0.160 e. The van der Waals surface area contributed by atoms with Crippen LogP contribution in [-0.2, 0) is 6.54 Å². The number of fused-ring (bicyclic) bond motifs is 1. The number of hydrogen-bond acceptors (Lipinski definition) is 4. The lowest BCUT2D eigenvalue weighted by molar-refractivity contribution is 0.376. The second-order valence-corrected chi connectivity index (χ2v) is 4.65. The van der Waals surface area contributed by atoms with Crippen LogP contribution in [0.5, 0.6) is 0 Å². The molecule has 0 amide bonds. The van der Waals surface area contributed by atoms with Crippen LogP contribution in [0, 0.1) is 0 Å². The number of pyridine rings is 1. The summed E-state index contributed by atoms with van der Waals surface area (Å²) in [6.45, 7) is 2.42. The molecule has 1 unspecified atom stereocenters. The molecule has 0 spiro atoms. The molecule has 3 aromatic heterocycles. The predicted octanol–water partition coefficient (Wildman–Crippen LogP) is 2.77. The Morgan fingerprint density at radius 3 is 3.00 bits per heavy atom. The van der Waals surface area contributed by atoms with Gasteiger partial charge in [-0.05, 0) is 19.1 Å². The Morgan fingerprint density at radius 2 is 2.28 bits per heavy atom. The number of hydrogen-bond donors (Lipinski definition) is 0. The molecule has 0 saturated heterocycles. The van der Waals surface area contributed by atoms with Gasteiger partial charge in [-0.15, -0.1) is 11.6 Å². The summed E-state index contributed by atoms with van der Waals surface area (Å²) in [5.41, 5.74) is 1.64. The van der Waals surface area contributed by atoms with Crippen LogP contribution < -0.4 is 0 Å². The lowest BCUT2D eigenvalue weighted by Gasteiger charge is -2.07. The van der Waals surface area contributed by atoms with Crippen molar-refractivity contribution in [3.63, 3.8) is 0 Å². The average Bonchev–Trinajstić information content (AvgIpc) is 2.98. The Morgan fingerprint density at radius 1 is 1.39 bits per heavy atom. The maximum absolute atomic E-state index is 6.16.